The average molecular weight is 506 g/mol. The van der Waals surface area contributed by atoms with Crippen LogP contribution in [0.15, 0.2) is 84.6 Å². The Morgan fingerprint density at radius 2 is 1.67 bits per heavy atom. The molecule has 0 unspecified atom stereocenters. The number of halogens is 3. The van der Waals surface area contributed by atoms with Gasteiger partial charge in [-0.05, 0) is 53.4 Å². The lowest BCUT2D eigenvalue weighted by atomic mass is 10.0. The zero-order valence-electron chi connectivity index (χ0n) is 18.5. The van der Waals surface area contributed by atoms with Gasteiger partial charge in [0.25, 0.3) is 0 Å². The number of rotatable bonds is 4. The summed E-state index contributed by atoms with van der Waals surface area (Å²) in [5, 5.41) is 2.72. The van der Waals surface area contributed by atoms with Crippen LogP contribution in [0.25, 0.3) is 32.3 Å². The molecule has 3 heterocycles. The molecule has 0 aliphatic rings. The lowest BCUT2D eigenvalue weighted by molar-refractivity contribution is -0.137. The van der Waals surface area contributed by atoms with Crippen LogP contribution in [-0.4, -0.2) is 16.0 Å². The van der Waals surface area contributed by atoms with Gasteiger partial charge in [-0.15, -0.1) is 11.3 Å². The maximum Gasteiger partial charge on any atom is 0.416 e. The molecular formula is C26H18F3N5OS. The molecule has 3 aromatic heterocycles. The first-order valence-corrected chi connectivity index (χ1v) is 11.6. The molecule has 5 rings (SSSR count). The van der Waals surface area contributed by atoms with Gasteiger partial charge in [-0.1, -0.05) is 18.2 Å². The van der Waals surface area contributed by atoms with Gasteiger partial charge in [0, 0.05) is 45.4 Å². The highest BCUT2D eigenvalue weighted by Crippen LogP contribution is 2.42. The first kappa shape index (κ1) is 23.3. The molecule has 0 saturated heterocycles. The fraction of sp³-hybridized carbons (Fsp3) is 0.0385. The van der Waals surface area contributed by atoms with Crippen LogP contribution in [0, 0.1) is 0 Å². The molecule has 10 heteroatoms. The Kier molecular flexibility index (Phi) is 5.81. The molecule has 180 valence electrons. The topological polar surface area (TPSA) is 98.1 Å². The van der Waals surface area contributed by atoms with Crippen LogP contribution in [-0.2, 0) is 6.18 Å². The number of amides is 2. The van der Waals surface area contributed by atoms with Gasteiger partial charge in [0.15, 0.2) is 0 Å². The minimum absolute atomic E-state index is 0.211. The van der Waals surface area contributed by atoms with Crippen LogP contribution in [0.2, 0.25) is 0 Å². The maximum absolute atomic E-state index is 13.0. The number of pyridine rings is 2. The fourth-order valence-electron chi connectivity index (χ4n) is 4.02. The SMILES string of the molecule is NC(=O)N(c1ccc(C(F)(F)F)cc1)c1cccc(-c2csc3c(-c4cccnc4)cnc(N)c23)c1. The molecule has 0 aliphatic carbocycles. The van der Waals surface area contributed by atoms with Gasteiger partial charge in [0.05, 0.1) is 16.9 Å². The number of hydrogen-bond acceptors (Lipinski definition) is 5. The molecule has 5 aromatic rings. The molecule has 4 N–H and O–H groups in total. The molecule has 0 spiro atoms. The van der Waals surface area contributed by atoms with Crippen molar-refractivity contribution in [1.29, 1.82) is 0 Å². The molecule has 2 aromatic carbocycles. The van der Waals surface area contributed by atoms with Crippen molar-refractivity contribution in [2.24, 2.45) is 5.73 Å². The molecule has 0 bridgehead atoms. The van der Waals surface area contributed by atoms with Gasteiger partial charge in [-0.2, -0.15) is 13.2 Å². The van der Waals surface area contributed by atoms with Crippen molar-refractivity contribution in [2.45, 2.75) is 6.18 Å². The number of alkyl halides is 3. The molecule has 0 fully saturated rings. The van der Waals surface area contributed by atoms with E-state index in [0.717, 1.165) is 49.4 Å². The Morgan fingerprint density at radius 1 is 0.917 bits per heavy atom. The zero-order chi connectivity index (χ0) is 25.4. The van der Waals surface area contributed by atoms with Crippen molar-refractivity contribution in [1.82, 2.24) is 9.97 Å². The minimum atomic E-state index is -4.49. The predicted molar refractivity (Wildman–Crippen MR) is 136 cm³/mol. The number of fused-ring (bicyclic) bond motifs is 1. The van der Waals surface area contributed by atoms with Gasteiger partial charge in [-0.3, -0.25) is 9.88 Å². The molecule has 36 heavy (non-hydrogen) atoms. The summed E-state index contributed by atoms with van der Waals surface area (Å²) in [7, 11) is 0. The number of hydrogen-bond donors (Lipinski definition) is 2. The van der Waals surface area contributed by atoms with Gasteiger partial charge >= 0.3 is 12.2 Å². The van der Waals surface area contributed by atoms with Gasteiger partial charge in [-0.25, -0.2) is 9.78 Å². The predicted octanol–water partition coefficient (Wildman–Crippen LogP) is 6.84. The summed E-state index contributed by atoms with van der Waals surface area (Å²) in [6.07, 6.45) is 0.669. The monoisotopic (exact) mass is 505 g/mol. The number of carbonyl (C=O) groups is 1. The lowest BCUT2D eigenvalue weighted by Crippen LogP contribution is -2.31. The van der Waals surface area contributed by atoms with Crippen molar-refractivity contribution < 1.29 is 18.0 Å². The maximum atomic E-state index is 13.0. The van der Waals surface area contributed by atoms with E-state index in [1.807, 2.05) is 23.6 Å². The molecule has 0 radical (unpaired) electrons. The first-order chi connectivity index (χ1) is 17.2. The third kappa shape index (κ3) is 4.22. The largest absolute Gasteiger partial charge is 0.416 e. The summed E-state index contributed by atoms with van der Waals surface area (Å²) in [6.45, 7) is 0. The van der Waals surface area contributed by atoms with Crippen molar-refractivity contribution in [3.63, 3.8) is 0 Å². The van der Waals surface area contributed by atoms with E-state index >= 15 is 0 Å². The Morgan fingerprint density at radius 3 is 2.33 bits per heavy atom. The molecular weight excluding hydrogens is 487 g/mol. The van der Waals surface area contributed by atoms with Crippen LogP contribution in [0.5, 0.6) is 0 Å². The van der Waals surface area contributed by atoms with Crippen molar-refractivity contribution in [2.75, 3.05) is 10.6 Å². The number of thiophene rings is 1. The second-order valence-electron chi connectivity index (χ2n) is 7.92. The number of aromatic nitrogens is 2. The van der Waals surface area contributed by atoms with Crippen LogP contribution in [0.4, 0.5) is 35.2 Å². The van der Waals surface area contributed by atoms with E-state index in [9.17, 15) is 18.0 Å². The number of benzene rings is 2. The van der Waals surface area contributed by atoms with Gasteiger partial charge in [0.1, 0.15) is 5.82 Å². The number of carbonyl (C=O) groups excluding carboxylic acids is 1. The third-order valence-electron chi connectivity index (χ3n) is 5.69. The minimum Gasteiger partial charge on any atom is -0.383 e. The Labute approximate surface area is 207 Å². The second-order valence-corrected chi connectivity index (χ2v) is 8.80. The van der Waals surface area contributed by atoms with Crippen LogP contribution in [0.3, 0.4) is 0 Å². The summed E-state index contributed by atoms with van der Waals surface area (Å²) in [5.41, 5.74) is 15.0. The highest BCUT2D eigenvalue weighted by atomic mass is 32.1. The summed E-state index contributed by atoms with van der Waals surface area (Å²) in [4.78, 5) is 22.1. The number of nitrogens with two attached hydrogens (primary N) is 2. The number of urea groups is 1. The standard InChI is InChI=1S/C26H18F3N5OS/c27-26(28,29)17-6-8-18(9-7-17)34(25(31)35)19-5-1-3-15(11-19)21-14-36-23-20(13-33-24(30)22(21)23)16-4-2-10-32-12-16/h1-14H,(H2,30,33)(H2,31,35). The quantitative estimate of drug-likeness (QED) is 0.279. The normalized spacial score (nSPS) is 11.5. The van der Waals surface area contributed by atoms with Gasteiger partial charge < -0.3 is 11.5 Å². The van der Waals surface area contributed by atoms with E-state index in [-0.39, 0.29) is 5.69 Å². The second kappa shape index (κ2) is 8.97. The first-order valence-electron chi connectivity index (χ1n) is 10.7. The summed E-state index contributed by atoms with van der Waals surface area (Å²) < 4.78 is 39.9. The molecule has 2 amide bonds. The molecule has 6 nitrogen and oxygen atoms in total. The summed E-state index contributed by atoms with van der Waals surface area (Å²) >= 11 is 1.51. The zero-order valence-corrected chi connectivity index (χ0v) is 19.3. The van der Waals surface area contributed by atoms with E-state index in [4.69, 9.17) is 11.5 Å². The van der Waals surface area contributed by atoms with Crippen molar-refractivity contribution in [3.05, 3.63) is 90.2 Å². The number of primary amides is 1. The lowest BCUT2D eigenvalue weighted by Gasteiger charge is -2.22. The van der Waals surface area contributed by atoms with E-state index in [1.54, 1.807) is 36.8 Å². The van der Waals surface area contributed by atoms with E-state index in [1.165, 1.54) is 23.5 Å². The smallest absolute Gasteiger partial charge is 0.383 e. The molecule has 0 saturated carbocycles. The Balaban J connectivity index is 1.59. The van der Waals surface area contributed by atoms with Crippen molar-refractivity contribution >= 4 is 44.6 Å². The number of anilines is 3. The molecule has 0 aliphatic heterocycles. The molecule has 0 atom stereocenters. The Bertz CT molecular complexity index is 1570. The summed E-state index contributed by atoms with van der Waals surface area (Å²) in [5.74, 6) is 0.355. The highest BCUT2D eigenvalue weighted by molar-refractivity contribution is 7.18. The number of nitrogens with zero attached hydrogens (tertiary/aromatic N) is 3. The van der Waals surface area contributed by atoms with Crippen molar-refractivity contribution in [3.8, 4) is 22.3 Å². The fourth-order valence-corrected chi connectivity index (χ4v) is 5.14. The number of nitrogen functional groups attached to an aromatic ring is 1. The summed E-state index contributed by atoms with van der Waals surface area (Å²) in [6, 6.07) is 14.2. The third-order valence-corrected chi connectivity index (χ3v) is 6.70. The Hall–Kier alpha value is -4.44. The average Bonchev–Trinajstić information content (AvgIpc) is 3.31. The van der Waals surface area contributed by atoms with Crippen LogP contribution < -0.4 is 16.4 Å². The van der Waals surface area contributed by atoms with E-state index < -0.39 is 17.8 Å². The van der Waals surface area contributed by atoms with Gasteiger partial charge in [0.2, 0.25) is 0 Å². The highest BCUT2D eigenvalue weighted by Gasteiger charge is 2.30. The van der Waals surface area contributed by atoms with Crippen LogP contribution >= 0.6 is 11.3 Å². The van der Waals surface area contributed by atoms with Crippen LogP contribution in [0.1, 0.15) is 5.56 Å². The van der Waals surface area contributed by atoms with E-state index in [0.29, 0.717) is 11.5 Å². The van der Waals surface area contributed by atoms with E-state index in [2.05, 4.69) is 9.97 Å².